The van der Waals surface area contributed by atoms with E-state index in [1.807, 2.05) is 0 Å². The van der Waals surface area contributed by atoms with Crippen molar-refractivity contribution >= 4 is 11.7 Å². The van der Waals surface area contributed by atoms with Crippen molar-refractivity contribution in [3.63, 3.8) is 0 Å². The Morgan fingerprint density at radius 2 is 2.25 bits per heavy atom. The van der Waals surface area contributed by atoms with Crippen molar-refractivity contribution in [3.8, 4) is 0 Å². The Bertz CT molecular complexity index is 399. The van der Waals surface area contributed by atoms with Gasteiger partial charge < -0.3 is 20.7 Å². The second-order valence-corrected chi connectivity index (χ2v) is 3.04. The van der Waals surface area contributed by atoms with Crippen LogP contribution >= 0.6 is 0 Å². The van der Waals surface area contributed by atoms with E-state index in [0.29, 0.717) is 0 Å². The average molecular weight is 230 g/mol. The van der Waals surface area contributed by atoms with Crippen molar-refractivity contribution in [2.45, 2.75) is 12.2 Å². The van der Waals surface area contributed by atoms with Crippen molar-refractivity contribution in [2.24, 2.45) is 0 Å². The highest BCUT2D eigenvalue weighted by atomic mass is 19.1. The highest BCUT2D eigenvalue weighted by molar-refractivity contribution is 5.75. The van der Waals surface area contributed by atoms with Crippen LogP contribution in [-0.2, 0) is 9.53 Å². The van der Waals surface area contributed by atoms with E-state index in [1.165, 1.54) is 0 Å². The number of nitrogen functional groups attached to an aromatic ring is 1. The molecule has 16 heavy (non-hydrogen) atoms. The predicted molar refractivity (Wildman–Crippen MR) is 51.6 cm³/mol. The fraction of sp³-hybridized carbons (Fsp3) is 0.333. The Balaban J connectivity index is 2.96. The first-order chi connectivity index (χ1) is 7.47. The number of aromatic nitrogens is 1. The molecule has 7 heteroatoms. The van der Waals surface area contributed by atoms with Crippen molar-refractivity contribution < 1.29 is 24.1 Å². The average Bonchev–Trinajstić information content (AvgIpc) is 2.26. The summed E-state index contributed by atoms with van der Waals surface area (Å²) < 4.78 is 16.9. The van der Waals surface area contributed by atoms with Gasteiger partial charge in [-0.05, 0) is 0 Å². The molecule has 6 nitrogen and oxygen atoms in total. The van der Waals surface area contributed by atoms with Gasteiger partial charge in [0.05, 0.1) is 24.7 Å². The molecule has 0 saturated carbocycles. The van der Waals surface area contributed by atoms with Gasteiger partial charge in [-0.1, -0.05) is 0 Å². The van der Waals surface area contributed by atoms with Gasteiger partial charge in [0, 0.05) is 6.07 Å². The third-order valence-corrected chi connectivity index (χ3v) is 1.94. The van der Waals surface area contributed by atoms with Crippen LogP contribution in [0.15, 0.2) is 12.3 Å². The molecule has 0 fully saturated rings. The molecule has 1 aromatic rings. The van der Waals surface area contributed by atoms with Gasteiger partial charge in [-0.2, -0.15) is 0 Å². The molecule has 4 N–H and O–H groups in total. The minimum absolute atomic E-state index is 0.157. The molecule has 0 radical (unpaired) electrons. The van der Waals surface area contributed by atoms with Crippen LogP contribution in [0.25, 0.3) is 0 Å². The molecule has 0 aliphatic heterocycles. The van der Waals surface area contributed by atoms with Gasteiger partial charge in [0.1, 0.15) is 11.9 Å². The lowest BCUT2D eigenvalue weighted by atomic mass is 10.1. The zero-order chi connectivity index (χ0) is 12.3. The van der Waals surface area contributed by atoms with E-state index < -0.39 is 24.0 Å². The highest BCUT2D eigenvalue weighted by Crippen LogP contribution is 2.21. The maximum atomic E-state index is 12.7. The number of nitrogens with two attached hydrogens (primary N) is 1. The van der Waals surface area contributed by atoms with Crippen LogP contribution in [0.1, 0.15) is 11.8 Å². The van der Waals surface area contributed by atoms with Crippen LogP contribution in [0.5, 0.6) is 0 Å². The van der Waals surface area contributed by atoms with Crippen LogP contribution in [0.3, 0.4) is 0 Å². The SMILES string of the molecule is COC(=O)C(O)C(O)c1ncc(F)cc1N. The summed E-state index contributed by atoms with van der Waals surface area (Å²) in [5.41, 5.74) is 5.04. The molecule has 0 aliphatic carbocycles. The molecule has 88 valence electrons. The number of hydrogen-bond acceptors (Lipinski definition) is 6. The summed E-state index contributed by atoms with van der Waals surface area (Å²) in [6, 6.07) is 0.926. The summed E-state index contributed by atoms with van der Waals surface area (Å²) in [4.78, 5) is 14.4. The number of nitrogens with zero attached hydrogens (tertiary/aromatic N) is 1. The minimum Gasteiger partial charge on any atom is -0.467 e. The summed E-state index contributed by atoms with van der Waals surface area (Å²) in [5.74, 6) is -1.71. The molecular weight excluding hydrogens is 219 g/mol. The van der Waals surface area contributed by atoms with Crippen molar-refractivity contribution in [2.75, 3.05) is 12.8 Å². The van der Waals surface area contributed by atoms with Crippen LogP contribution in [0, 0.1) is 5.82 Å². The molecule has 0 aliphatic rings. The molecule has 2 atom stereocenters. The summed E-state index contributed by atoms with van der Waals surface area (Å²) in [5, 5.41) is 18.9. The fourth-order valence-corrected chi connectivity index (χ4v) is 1.11. The number of rotatable bonds is 3. The molecule has 1 aromatic heterocycles. The zero-order valence-electron chi connectivity index (χ0n) is 8.42. The Hall–Kier alpha value is -1.73. The first-order valence-corrected chi connectivity index (χ1v) is 4.32. The van der Waals surface area contributed by atoms with Crippen molar-refractivity contribution in [1.82, 2.24) is 4.98 Å². The van der Waals surface area contributed by atoms with E-state index in [1.54, 1.807) is 0 Å². The number of aliphatic hydroxyl groups excluding tert-OH is 2. The van der Waals surface area contributed by atoms with E-state index in [0.717, 1.165) is 19.4 Å². The Labute approximate surface area is 90.5 Å². The summed E-state index contributed by atoms with van der Waals surface area (Å²) >= 11 is 0. The first kappa shape index (κ1) is 12.3. The molecule has 0 saturated heterocycles. The van der Waals surface area contributed by atoms with Gasteiger partial charge in [-0.15, -0.1) is 0 Å². The second-order valence-electron chi connectivity index (χ2n) is 3.04. The van der Waals surface area contributed by atoms with Gasteiger partial charge in [0.25, 0.3) is 0 Å². The number of pyridine rings is 1. The second kappa shape index (κ2) is 4.86. The topological polar surface area (TPSA) is 106 Å². The Morgan fingerprint density at radius 3 is 2.75 bits per heavy atom. The van der Waals surface area contributed by atoms with E-state index in [9.17, 15) is 19.4 Å². The van der Waals surface area contributed by atoms with E-state index in [-0.39, 0.29) is 11.4 Å². The first-order valence-electron chi connectivity index (χ1n) is 4.32. The van der Waals surface area contributed by atoms with Crippen LogP contribution in [0.2, 0.25) is 0 Å². The molecule has 1 rings (SSSR count). The minimum atomic E-state index is -1.81. The molecular formula is C9H11FN2O4. The monoisotopic (exact) mass is 230 g/mol. The number of ether oxygens (including phenoxy) is 1. The smallest absolute Gasteiger partial charge is 0.337 e. The van der Waals surface area contributed by atoms with E-state index in [2.05, 4.69) is 9.72 Å². The lowest BCUT2D eigenvalue weighted by molar-refractivity contribution is -0.156. The third kappa shape index (κ3) is 2.44. The number of anilines is 1. The van der Waals surface area contributed by atoms with Gasteiger partial charge in [-0.25, -0.2) is 9.18 Å². The summed E-state index contributed by atoms with van der Waals surface area (Å²) in [6.07, 6.45) is -2.66. The summed E-state index contributed by atoms with van der Waals surface area (Å²) in [7, 11) is 1.06. The number of esters is 1. The van der Waals surface area contributed by atoms with Gasteiger partial charge in [0.2, 0.25) is 0 Å². The molecule has 0 spiro atoms. The van der Waals surface area contributed by atoms with Gasteiger partial charge in [0.15, 0.2) is 6.10 Å². The molecule has 0 aromatic carbocycles. The highest BCUT2D eigenvalue weighted by Gasteiger charge is 2.29. The lowest BCUT2D eigenvalue weighted by Crippen LogP contribution is -2.30. The Morgan fingerprint density at radius 1 is 1.62 bits per heavy atom. The number of carbonyl (C=O) groups excluding carboxylic acids is 1. The zero-order valence-corrected chi connectivity index (χ0v) is 8.42. The van der Waals surface area contributed by atoms with Crippen molar-refractivity contribution in [3.05, 3.63) is 23.8 Å². The molecule has 0 bridgehead atoms. The van der Waals surface area contributed by atoms with Crippen LogP contribution in [-0.4, -0.2) is 34.4 Å². The maximum absolute atomic E-state index is 12.7. The number of halogens is 1. The van der Waals surface area contributed by atoms with Crippen molar-refractivity contribution in [1.29, 1.82) is 0 Å². The normalized spacial score (nSPS) is 14.2. The largest absolute Gasteiger partial charge is 0.467 e. The van der Waals surface area contributed by atoms with E-state index in [4.69, 9.17) is 5.73 Å². The lowest BCUT2D eigenvalue weighted by Gasteiger charge is -2.16. The number of methoxy groups -OCH3 is 1. The van der Waals surface area contributed by atoms with Gasteiger partial charge >= 0.3 is 5.97 Å². The Kier molecular flexibility index (Phi) is 3.75. The van der Waals surface area contributed by atoms with Crippen LogP contribution in [0.4, 0.5) is 10.1 Å². The maximum Gasteiger partial charge on any atom is 0.337 e. The van der Waals surface area contributed by atoms with Crippen LogP contribution < -0.4 is 5.73 Å². The summed E-state index contributed by atoms with van der Waals surface area (Å²) in [6.45, 7) is 0. The molecule has 0 amide bonds. The quantitative estimate of drug-likeness (QED) is 0.597. The molecule has 1 heterocycles. The number of hydrogen-bond donors (Lipinski definition) is 3. The van der Waals surface area contributed by atoms with E-state index >= 15 is 0 Å². The molecule has 2 unspecified atom stereocenters. The third-order valence-electron chi connectivity index (χ3n) is 1.94. The fourth-order valence-electron chi connectivity index (χ4n) is 1.11. The standard InChI is InChI=1S/C9H11FN2O4/c1-16-9(15)8(14)7(13)6-5(11)2-4(10)3-12-6/h2-3,7-8,13-14H,11H2,1H3. The number of aliphatic hydroxyl groups is 2. The van der Waals surface area contributed by atoms with Gasteiger partial charge in [-0.3, -0.25) is 4.98 Å². The predicted octanol–water partition coefficient (Wildman–Crippen LogP) is -0.630. The number of carbonyl (C=O) groups is 1.